The van der Waals surface area contributed by atoms with E-state index in [0.717, 1.165) is 20.8 Å². The van der Waals surface area contributed by atoms with Gasteiger partial charge in [0.15, 0.2) is 9.84 Å². The van der Waals surface area contributed by atoms with Gasteiger partial charge < -0.3 is 15.2 Å². The Morgan fingerprint density at radius 1 is 0.933 bits per heavy atom. The number of aryl methyl sites for hydroxylation is 1. The molecule has 2 N–H and O–H groups in total. The predicted octanol–water partition coefficient (Wildman–Crippen LogP) is 7.40. The van der Waals surface area contributed by atoms with Crippen molar-refractivity contribution in [2.75, 3.05) is 5.75 Å². The van der Waals surface area contributed by atoms with E-state index in [1.165, 1.54) is 23.5 Å². The van der Waals surface area contributed by atoms with Crippen LogP contribution in [0.25, 0.3) is 22.4 Å². The molecular weight excluding hydrogens is 655 g/mol. The van der Waals surface area contributed by atoms with Gasteiger partial charge >= 0.3 is 5.97 Å². The summed E-state index contributed by atoms with van der Waals surface area (Å²) in [7, 11) is -3.44. The maximum atomic E-state index is 13.2. The van der Waals surface area contributed by atoms with Gasteiger partial charge in [0.2, 0.25) is 0 Å². The van der Waals surface area contributed by atoms with Crippen molar-refractivity contribution in [3.8, 4) is 5.75 Å². The summed E-state index contributed by atoms with van der Waals surface area (Å²) >= 11 is 13.4. The number of nitrogens with zero attached hydrogens (tertiary/aromatic N) is 1. The molecule has 0 fully saturated rings. The second-order valence-corrected chi connectivity index (χ2v) is 14.0. The van der Waals surface area contributed by atoms with Crippen molar-refractivity contribution in [3.05, 3.63) is 123 Å². The molecule has 0 saturated carbocycles. The summed E-state index contributed by atoms with van der Waals surface area (Å²) in [6.45, 7) is 0. The normalized spacial score (nSPS) is 12.3. The number of nitrogens with one attached hydrogen (secondary N) is 1. The monoisotopic (exact) mass is 680 g/mol. The molecule has 5 aromatic rings. The fourth-order valence-electron chi connectivity index (χ4n) is 4.44. The second-order valence-electron chi connectivity index (χ2n) is 9.91. The first-order valence-electron chi connectivity index (χ1n) is 13.7. The van der Waals surface area contributed by atoms with Gasteiger partial charge in [-0.3, -0.25) is 4.79 Å². The largest absolute Gasteiger partial charge is 0.477 e. The number of benzene rings is 4. The molecule has 5 rings (SSSR count). The van der Waals surface area contributed by atoms with Crippen LogP contribution in [0.3, 0.4) is 0 Å². The van der Waals surface area contributed by atoms with Gasteiger partial charge in [-0.15, -0.1) is 11.3 Å². The number of halogens is 2. The number of aromatic nitrogens is 1. The Morgan fingerprint density at radius 3 is 2.38 bits per heavy atom. The topological polar surface area (TPSA) is 123 Å². The Labute approximate surface area is 273 Å². The summed E-state index contributed by atoms with van der Waals surface area (Å²) < 4.78 is 31.7. The van der Waals surface area contributed by atoms with E-state index in [1.807, 2.05) is 6.07 Å². The lowest BCUT2D eigenvalue weighted by Crippen LogP contribution is -2.45. The van der Waals surface area contributed by atoms with Gasteiger partial charge in [0.1, 0.15) is 10.8 Å². The molecule has 8 nitrogen and oxygen atoms in total. The molecule has 1 heterocycles. The van der Waals surface area contributed by atoms with Crippen molar-refractivity contribution >= 4 is 78.6 Å². The van der Waals surface area contributed by atoms with Gasteiger partial charge in [-0.2, -0.15) is 0 Å². The van der Waals surface area contributed by atoms with Gasteiger partial charge in [0.25, 0.3) is 12.1 Å². The Bertz CT molecular complexity index is 1980. The molecule has 12 heteroatoms. The number of carbonyl (C=O) groups excluding carboxylic acids is 1. The lowest BCUT2D eigenvalue weighted by molar-refractivity contribution is -0.146. The summed E-state index contributed by atoms with van der Waals surface area (Å²) in [4.78, 5) is 29.9. The highest BCUT2D eigenvalue weighted by molar-refractivity contribution is 7.91. The first kappa shape index (κ1) is 32.2. The van der Waals surface area contributed by atoms with Crippen LogP contribution < -0.4 is 10.1 Å². The van der Waals surface area contributed by atoms with Crippen molar-refractivity contribution < 1.29 is 27.9 Å². The number of carbonyl (C=O) groups is 2. The smallest absolute Gasteiger partial charge is 0.366 e. The SMILES string of the molecule is O=C(NC(Oc1ccc(CCCS(=O)(=O)c2ccc(Cl)cc2)cc1)C(=O)O)c1ccccc1C=Cc1nc2cc(Cl)ccc2s1. The lowest BCUT2D eigenvalue weighted by Gasteiger charge is -2.17. The van der Waals surface area contributed by atoms with Crippen molar-refractivity contribution in [2.24, 2.45) is 0 Å². The van der Waals surface area contributed by atoms with Gasteiger partial charge in [0.05, 0.1) is 20.9 Å². The summed E-state index contributed by atoms with van der Waals surface area (Å²) in [6, 6.07) is 24.9. The van der Waals surface area contributed by atoms with Crippen LogP contribution in [0.5, 0.6) is 5.75 Å². The quantitative estimate of drug-likeness (QED) is 0.132. The number of fused-ring (bicyclic) bond motifs is 1. The number of amides is 1. The van der Waals surface area contributed by atoms with Crippen LogP contribution in [0.2, 0.25) is 10.0 Å². The summed E-state index contributed by atoms with van der Waals surface area (Å²) in [5.74, 6) is -1.81. The van der Waals surface area contributed by atoms with E-state index in [9.17, 15) is 23.1 Å². The molecule has 1 unspecified atom stereocenters. The van der Waals surface area contributed by atoms with Gasteiger partial charge in [-0.25, -0.2) is 18.2 Å². The van der Waals surface area contributed by atoms with Crippen LogP contribution >= 0.6 is 34.5 Å². The molecule has 45 heavy (non-hydrogen) atoms. The van der Waals surface area contributed by atoms with Crippen LogP contribution in [-0.4, -0.2) is 42.4 Å². The number of rotatable bonds is 12. The molecule has 0 radical (unpaired) electrons. The molecule has 0 saturated heterocycles. The van der Waals surface area contributed by atoms with Crippen molar-refractivity contribution in [2.45, 2.75) is 24.0 Å². The maximum absolute atomic E-state index is 13.2. The molecule has 4 aromatic carbocycles. The van der Waals surface area contributed by atoms with Gasteiger partial charge in [0, 0.05) is 15.6 Å². The predicted molar refractivity (Wildman–Crippen MR) is 178 cm³/mol. The van der Waals surface area contributed by atoms with Crippen molar-refractivity contribution in [3.63, 3.8) is 0 Å². The zero-order valence-corrected chi connectivity index (χ0v) is 26.7. The number of hydrogen-bond donors (Lipinski definition) is 2. The van der Waals surface area contributed by atoms with E-state index in [4.69, 9.17) is 27.9 Å². The van der Waals surface area contributed by atoms with Crippen LogP contribution in [0.15, 0.2) is 95.9 Å². The minimum absolute atomic E-state index is 0.0356. The number of sulfone groups is 1. The lowest BCUT2D eigenvalue weighted by atomic mass is 10.1. The van der Waals surface area contributed by atoms with Gasteiger partial charge in [-0.05, 0) is 90.7 Å². The molecular formula is C33H26Cl2N2O6S2. The van der Waals surface area contributed by atoms with Gasteiger partial charge in [-0.1, -0.05) is 59.6 Å². The zero-order valence-electron chi connectivity index (χ0n) is 23.5. The molecule has 0 bridgehead atoms. The zero-order chi connectivity index (χ0) is 32.0. The Kier molecular flexibility index (Phi) is 10.2. The number of carboxylic acids is 1. The molecule has 1 atom stereocenters. The number of carboxylic acid groups (broad SMARTS) is 1. The van der Waals surface area contributed by atoms with Crippen LogP contribution in [0, 0.1) is 0 Å². The molecule has 0 spiro atoms. The van der Waals surface area contributed by atoms with Crippen molar-refractivity contribution in [1.82, 2.24) is 10.3 Å². The van der Waals surface area contributed by atoms with E-state index in [2.05, 4.69) is 10.3 Å². The Morgan fingerprint density at radius 2 is 1.64 bits per heavy atom. The average Bonchev–Trinajstić information content (AvgIpc) is 3.42. The average molecular weight is 682 g/mol. The minimum atomic E-state index is -3.44. The van der Waals surface area contributed by atoms with E-state index in [0.29, 0.717) is 28.5 Å². The summed E-state index contributed by atoms with van der Waals surface area (Å²) in [5.41, 5.74) is 2.45. The first-order chi connectivity index (χ1) is 21.6. The highest BCUT2D eigenvalue weighted by Crippen LogP contribution is 2.26. The molecule has 0 aliphatic rings. The third-order valence-electron chi connectivity index (χ3n) is 6.69. The third kappa shape index (κ3) is 8.49. The molecule has 230 valence electrons. The molecule has 1 aromatic heterocycles. The fraction of sp³-hybridized carbons (Fsp3) is 0.121. The number of ether oxygens (including phenoxy) is 1. The van der Waals surface area contributed by atoms with Crippen LogP contribution in [0.4, 0.5) is 0 Å². The second kappa shape index (κ2) is 14.3. The van der Waals surface area contributed by atoms with E-state index in [-0.39, 0.29) is 22.0 Å². The fourth-order valence-corrected chi connectivity index (χ4v) is 6.89. The van der Waals surface area contributed by atoms with E-state index in [1.54, 1.807) is 84.9 Å². The third-order valence-corrected chi connectivity index (χ3v) is 10.00. The number of thiazole rings is 1. The molecule has 0 aliphatic heterocycles. The highest BCUT2D eigenvalue weighted by Gasteiger charge is 2.23. The van der Waals surface area contributed by atoms with E-state index >= 15 is 0 Å². The summed E-state index contributed by atoms with van der Waals surface area (Å²) in [5, 5.41) is 14.0. The Balaban J connectivity index is 1.20. The Hall–Kier alpha value is -4.22. The first-order valence-corrected chi connectivity index (χ1v) is 16.9. The van der Waals surface area contributed by atoms with Crippen molar-refractivity contribution in [1.29, 1.82) is 0 Å². The maximum Gasteiger partial charge on any atom is 0.366 e. The van der Waals surface area contributed by atoms with E-state index < -0.39 is 27.9 Å². The summed E-state index contributed by atoms with van der Waals surface area (Å²) in [6.07, 6.45) is 2.75. The van der Waals surface area contributed by atoms with Crippen LogP contribution in [-0.2, 0) is 21.1 Å². The van der Waals surface area contributed by atoms with Crippen LogP contribution in [0.1, 0.15) is 32.9 Å². The number of hydrogen-bond acceptors (Lipinski definition) is 7. The highest BCUT2D eigenvalue weighted by atomic mass is 35.5. The standard InChI is InChI=1S/C33H26Cl2N2O6S2/c34-23-10-15-26(16-11-23)45(41,42)19-3-4-21-7-13-25(14-8-21)43-32(33(39)40)37-31(38)27-6-2-1-5-22(27)9-18-30-36-28-20-24(35)12-17-29(28)44-30/h1-2,5-18,20,32H,3-4,19H2,(H,37,38)(H,39,40). The molecule has 1 amide bonds. The number of aliphatic carboxylic acids is 1. The minimum Gasteiger partial charge on any atom is -0.477 e. The molecule has 0 aliphatic carbocycles.